The van der Waals surface area contributed by atoms with E-state index >= 15 is 0 Å². The number of ether oxygens (including phenoxy) is 1. The summed E-state index contributed by atoms with van der Waals surface area (Å²) in [6.45, 7) is 8.46. The summed E-state index contributed by atoms with van der Waals surface area (Å²) in [6.07, 6.45) is 1.26. The Hall–Kier alpha value is -2.24. The maximum atomic E-state index is 13.3. The van der Waals surface area contributed by atoms with Gasteiger partial charge in [-0.3, -0.25) is 9.59 Å². The van der Waals surface area contributed by atoms with Crippen molar-refractivity contribution in [2.45, 2.75) is 59.0 Å². The fourth-order valence-corrected chi connectivity index (χ4v) is 3.97. The van der Waals surface area contributed by atoms with Crippen LogP contribution in [0.1, 0.15) is 57.6 Å². The number of benzene rings is 2. The number of para-hydroxylation sites is 1. The van der Waals surface area contributed by atoms with Crippen molar-refractivity contribution in [1.82, 2.24) is 10.2 Å². The van der Waals surface area contributed by atoms with Crippen LogP contribution in [0.3, 0.4) is 0 Å². The van der Waals surface area contributed by atoms with E-state index in [0.29, 0.717) is 34.3 Å². The highest BCUT2D eigenvalue weighted by Gasteiger charge is 2.30. The molecule has 0 bridgehead atoms. The first-order chi connectivity index (χ1) is 15.3. The van der Waals surface area contributed by atoms with Gasteiger partial charge in [0.2, 0.25) is 5.91 Å². The highest BCUT2D eigenvalue weighted by molar-refractivity contribution is 6.36. The predicted octanol–water partition coefficient (Wildman–Crippen LogP) is 5.83. The molecule has 1 atom stereocenters. The van der Waals surface area contributed by atoms with Gasteiger partial charge in [-0.2, -0.15) is 0 Å². The van der Waals surface area contributed by atoms with E-state index in [1.807, 2.05) is 38.1 Å². The van der Waals surface area contributed by atoms with Gasteiger partial charge in [0.1, 0.15) is 11.8 Å². The van der Waals surface area contributed by atoms with Crippen LogP contribution in [0.5, 0.6) is 5.75 Å². The summed E-state index contributed by atoms with van der Waals surface area (Å²) in [5.41, 5.74) is 1.63. The Morgan fingerprint density at radius 2 is 1.69 bits per heavy atom. The lowest BCUT2D eigenvalue weighted by Crippen LogP contribution is -2.50. The molecule has 5 nitrogen and oxygen atoms in total. The van der Waals surface area contributed by atoms with Crippen molar-refractivity contribution >= 4 is 35.0 Å². The molecule has 0 saturated carbocycles. The fourth-order valence-electron chi connectivity index (χ4n) is 3.45. The molecular formula is C25H32Cl2N2O3. The number of nitrogens with zero attached hydrogens (tertiary/aromatic N) is 1. The summed E-state index contributed by atoms with van der Waals surface area (Å²) >= 11 is 12.7. The Morgan fingerprint density at radius 3 is 2.28 bits per heavy atom. The second kappa shape index (κ2) is 12.7. The molecule has 0 radical (unpaired) electrons. The van der Waals surface area contributed by atoms with Gasteiger partial charge in [0.15, 0.2) is 6.61 Å². The first-order valence-electron chi connectivity index (χ1n) is 11.0. The molecule has 0 spiro atoms. The first kappa shape index (κ1) is 26.0. The van der Waals surface area contributed by atoms with Crippen LogP contribution in [0.4, 0.5) is 0 Å². The molecule has 0 aliphatic rings. The third kappa shape index (κ3) is 6.88. The molecule has 2 rings (SSSR count). The average Bonchev–Trinajstić information content (AvgIpc) is 2.77. The Labute approximate surface area is 201 Å². The summed E-state index contributed by atoms with van der Waals surface area (Å²) in [7, 11) is 0. The highest BCUT2D eigenvalue weighted by atomic mass is 35.5. The summed E-state index contributed by atoms with van der Waals surface area (Å²) in [6, 6.07) is 12.2. The molecule has 7 heteroatoms. The van der Waals surface area contributed by atoms with Gasteiger partial charge in [-0.15, -0.1) is 0 Å². The molecule has 174 valence electrons. The van der Waals surface area contributed by atoms with Crippen LogP contribution in [0.2, 0.25) is 10.0 Å². The van der Waals surface area contributed by atoms with Crippen LogP contribution in [0.15, 0.2) is 42.5 Å². The van der Waals surface area contributed by atoms with Crippen LogP contribution in [0, 0.1) is 0 Å². The number of carbonyl (C=O) groups excluding carboxylic acids is 2. The summed E-state index contributed by atoms with van der Waals surface area (Å²) in [4.78, 5) is 27.7. The van der Waals surface area contributed by atoms with Crippen molar-refractivity contribution in [3.8, 4) is 5.75 Å². The Balaban J connectivity index is 2.30. The number of halogens is 2. The third-order valence-electron chi connectivity index (χ3n) is 5.22. The number of hydrogen-bond donors (Lipinski definition) is 1. The Bertz CT molecular complexity index is 898. The van der Waals surface area contributed by atoms with Crippen molar-refractivity contribution in [3.05, 3.63) is 63.6 Å². The van der Waals surface area contributed by atoms with Crippen LogP contribution in [0.25, 0.3) is 0 Å². The molecule has 32 heavy (non-hydrogen) atoms. The number of amides is 2. The third-order valence-corrected chi connectivity index (χ3v) is 5.93. The maximum absolute atomic E-state index is 13.3. The van der Waals surface area contributed by atoms with E-state index in [2.05, 4.69) is 19.2 Å². The van der Waals surface area contributed by atoms with Gasteiger partial charge in [-0.05, 0) is 42.5 Å². The summed E-state index contributed by atoms with van der Waals surface area (Å²) in [5, 5.41) is 3.79. The smallest absolute Gasteiger partial charge is 0.261 e. The SMILES string of the molecule is CCCNC(=O)[C@H](CC)N(Cc1c(Cl)cccc1Cl)C(=O)COc1ccccc1C(C)C. The molecular weight excluding hydrogens is 447 g/mol. The molecule has 1 N–H and O–H groups in total. The van der Waals surface area contributed by atoms with Crippen molar-refractivity contribution in [2.24, 2.45) is 0 Å². The molecule has 2 amide bonds. The van der Waals surface area contributed by atoms with E-state index < -0.39 is 6.04 Å². The van der Waals surface area contributed by atoms with E-state index in [-0.39, 0.29) is 30.9 Å². The van der Waals surface area contributed by atoms with Crippen LogP contribution < -0.4 is 10.1 Å². The van der Waals surface area contributed by atoms with Gasteiger partial charge >= 0.3 is 0 Å². The van der Waals surface area contributed by atoms with Gasteiger partial charge in [0, 0.05) is 28.7 Å². The normalized spacial score (nSPS) is 11.8. The summed E-state index contributed by atoms with van der Waals surface area (Å²) in [5.74, 6) is 0.407. The number of rotatable bonds is 11. The standard InChI is InChI=1S/C25H32Cl2N2O3/c1-5-14-28-25(31)22(6-2)29(15-19-20(26)11-9-12-21(19)27)24(30)16-32-23-13-8-7-10-18(23)17(3)4/h7-13,17,22H,5-6,14-16H2,1-4H3,(H,28,31)/t22-/m0/s1. The van der Waals surface area contributed by atoms with Crippen molar-refractivity contribution < 1.29 is 14.3 Å². The average molecular weight is 479 g/mol. The Kier molecular flexibility index (Phi) is 10.3. The monoisotopic (exact) mass is 478 g/mol. The second-order valence-electron chi connectivity index (χ2n) is 7.92. The number of hydrogen-bond acceptors (Lipinski definition) is 3. The van der Waals surface area contributed by atoms with E-state index in [0.717, 1.165) is 12.0 Å². The minimum atomic E-state index is -0.662. The van der Waals surface area contributed by atoms with Gasteiger partial charge in [-0.1, -0.05) is 75.2 Å². The molecule has 0 fully saturated rings. The molecule has 0 heterocycles. The fraction of sp³-hybridized carbons (Fsp3) is 0.440. The second-order valence-corrected chi connectivity index (χ2v) is 8.73. The van der Waals surface area contributed by atoms with Crippen molar-refractivity contribution in [3.63, 3.8) is 0 Å². The van der Waals surface area contributed by atoms with Crippen LogP contribution in [-0.4, -0.2) is 35.9 Å². The van der Waals surface area contributed by atoms with Crippen LogP contribution in [-0.2, 0) is 16.1 Å². The zero-order chi connectivity index (χ0) is 23.7. The van der Waals surface area contributed by atoms with Gasteiger partial charge in [0.05, 0.1) is 0 Å². The largest absolute Gasteiger partial charge is 0.483 e. The summed E-state index contributed by atoms with van der Waals surface area (Å²) < 4.78 is 5.91. The van der Waals surface area contributed by atoms with E-state index in [4.69, 9.17) is 27.9 Å². The molecule has 0 unspecified atom stereocenters. The predicted molar refractivity (Wildman–Crippen MR) is 130 cm³/mol. The van der Waals surface area contributed by atoms with E-state index in [9.17, 15) is 9.59 Å². The van der Waals surface area contributed by atoms with Gasteiger partial charge in [0.25, 0.3) is 5.91 Å². The first-order valence-corrected chi connectivity index (χ1v) is 11.8. The van der Waals surface area contributed by atoms with E-state index in [1.165, 1.54) is 4.90 Å². The lowest BCUT2D eigenvalue weighted by atomic mass is 10.0. The topological polar surface area (TPSA) is 58.6 Å². The van der Waals surface area contributed by atoms with Gasteiger partial charge in [-0.25, -0.2) is 0 Å². The maximum Gasteiger partial charge on any atom is 0.261 e. The molecule has 0 aromatic heterocycles. The zero-order valence-corrected chi connectivity index (χ0v) is 20.7. The molecule has 2 aromatic rings. The van der Waals surface area contributed by atoms with E-state index in [1.54, 1.807) is 18.2 Å². The molecule has 0 aliphatic carbocycles. The number of carbonyl (C=O) groups is 2. The molecule has 2 aromatic carbocycles. The lowest BCUT2D eigenvalue weighted by Gasteiger charge is -2.31. The minimum Gasteiger partial charge on any atom is -0.483 e. The number of nitrogens with one attached hydrogen (secondary N) is 1. The van der Waals surface area contributed by atoms with Gasteiger partial charge < -0.3 is 15.0 Å². The molecule has 0 aliphatic heterocycles. The lowest BCUT2D eigenvalue weighted by molar-refractivity contribution is -0.143. The van der Waals surface area contributed by atoms with Crippen LogP contribution >= 0.6 is 23.2 Å². The zero-order valence-electron chi connectivity index (χ0n) is 19.2. The highest BCUT2D eigenvalue weighted by Crippen LogP contribution is 2.28. The van der Waals surface area contributed by atoms with Crippen molar-refractivity contribution in [1.29, 1.82) is 0 Å². The quantitative estimate of drug-likeness (QED) is 0.441. The Morgan fingerprint density at radius 1 is 1.03 bits per heavy atom. The molecule has 0 saturated heterocycles. The van der Waals surface area contributed by atoms with Crippen molar-refractivity contribution in [2.75, 3.05) is 13.2 Å². The minimum absolute atomic E-state index is 0.116.